The molecule has 7 heteroatoms. The van der Waals surface area contributed by atoms with Crippen molar-refractivity contribution in [1.29, 1.82) is 0 Å². The van der Waals surface area contributed by atoms with Crippen molar-refractivity contribution in [1.82, 2.24) is 9.97 Å². The number of nitrogens with one attached hydrogen (secondary N) is 2. The highest BCUT2D eigenvalue weighted by Gasteiger charge is 2.16. The molecule has 0 radical (unpaired) electrons. The van der Waals surface area contributed by atoms with Gasteiger partial charge >= 0.3 is 0 Å². The number of carbonyl (C=O) groups excluding carboxylic acids is 1. The Hall–Kier alpha value is -3.61. The number of amides is 1. The van der Waals surface area contributed by atoms with Gasteiger partial charge in [0.05, 0.1) is 0 Å². The summed E-state index contributed by atoms with van der Waals surface area (Å²) in [7, 11) is 0. The van der Waals surface area contributed by atoms with E-state index in [1.807, 2.05) is 31.2 Å². The summed E-state index contributed by atoms with van der Waals surface area (Å²) in [5.74, 6) is 1.33. The molecule has 28 heavy (non-hydrogen) atoms. The summed E-state index contributed by atoms with van der Waals surface area (Å²) in [4.78, 5) is 21.5. The number of hydrogen-bond acceptors (Lipinski definition) is 6. The largest absolute Gasteiger partial charge is 0.454 e. The van der Waals surface area contributed by atoms with Crippen LogP contribution in [-0.4, -0.2) is 22.7 Å². The van der Waals surface area contributed by atoms with Crippen LogP contribution in [0.15, 0.2) is 48.5 Å². The van der Waals surface area contributed by atoms with Gasteiger partial charge in [0.1, 0.15) is 5.69 Å². The van der Waals surface area contributed by atoms with Crippen LogP contribution < -0.4 is 20.1 Å². The molecule has 0 fully saturated rings. The maximum Gasteiger partial charge on any atom is 0.274 e. The van der Waals surface area contributed by atoms with E-state index >= 15 is 0 Å². The van der Waals surface area contributed by atoms with E-state index in [0.29, 0.717) is 28.8 Å². The molecule has 1 aromatic heterocycles. The van der Waals surface area contributed by atoms with Crippen molar-refractivity contribution in [3.05, 3.63) is 65.5 Å². The minimum atomic E-state index is -0.323. The molecule has 2 heterocycles. The molecule has 3 aromatic rings. The number of carbonyl (C=O) groups is 1. The van der Waals surface area contributed by atoms with Gasteiger partial charge in [0.2, 0.25) is 12.7 Å². The number of ether oxygens (including phenoxy) is 2. The van der Waals surface area contributed by atoms with Crippen LogP contribution in [0.4, 0.5) is 17.3 Å². The van der Waals surface area contributed by atoms with Crippen LogP contribution in [0.25, 0.3) is 0 Å². The predicted molar refractivity (Wildman–Crippen MR) is 106 cm³/mol. The van der Waals surface area contributed by atoms with E-state index in [4.69, 9.17) is 9.47 Å². The average Bonchev–Trinajstić information content (AvgIpc) is 3.16. The Morgan fingerprint density at radius 2 is 1.89 bits per heavy atom. The number of nitrogens with zero attached hydrogens (tertiary/aromatic N) is 2. The van der Waals surface area contributed by atoms with E-state index in [0.717, 1.165) is 17.7 Å². The zero-order chi connectivity index (χ0) is 19.5. The molecule has 2 aromatic carbocycles. The van der Waals surface area contributed by atoms with Gasteiger partial charge in [0.15, 0.2) is 11.5 Å². The molecule has 1 aliphatic rings. The van der Waals surface area contributed by atoms with Crippen molar-refractivity contribution >= 4 is 23.2 Å². The maximum atomic E-state index is 12.7. The fourth-order valence-electron chi connectivity index (χ4n) is 2.98. The molecule has 0 bridgehead atoms. The van der Waals surface area contributed by atoms with E-state index in [2.05, 4.69) is 27.5 Å². The Labute approximate surface area is 162 Å². The highest BCUT2D eigenvalue weighted by atomic mass is 16.7. The summed E-state index contributed by atoms with van der Waals surface area (Å²) in [5, 5.41) is 6.05. The summed E-state index contributed by atoms with van der Waals surface area (Å²) in [6.07, 6.45) is 0.881. The molecule has 0 unspecified atom stereocenters. The molecule has 0 aliphatic carbocycles. The summed E-state index contributed by atoms with van der Waals surface area (Å²) in [6, 6.07) is 14.9. The fraction of sp³-hybridized carbons (Fsp3) is 0.190. The number of rotatable bonds is 5. The zero-order valence-electron chi connectivity index (χ0n) is 15.7. The summed E-state index contributed by atoms with van der Waals surface area (Å²) in [6.45, 7) is 4.10. The van der Waals surface area contributed by atoms with Crippen LogP contribution in [0.1, 0.15) is 28.7 Å². The number of para-hydroxylation sites is 1. The molecule has 142 valence electrons. The lowest BCUT2D eigenvalue weighted by atomic mass is 10.1. The van der Waals surface area contributed by atoms with E-state index in [-0.39, 0.29) is 18.4 Å². The van der Waals surface area contributed by atoms with E-state index in [9.17, 15) is 4.79 Å². The lowest BCUT2D eigenvalue weighted by Gasteiger charge is -2.11. The third-order valence-electron chi connectivity index (χ3n) is 4.36. The Morgan fingerprint density at radius 1 is 1.07 bits per heavy atom. The van der Waals surface area contributed by atoms with Crippen molar-refractivity contribution in [2.75, 3.05) is 17.4 Å². The molecular formula is C21H20N4O3. The molecule has 1 amide bonds. The third-order valence-corrected chi connectivity index (χ3v) is 4.36. The lowest BCUT2D eigenvalue weighted by molar-refractivity contribution is 0.102. The second-order valence-electron chi connectivity index (χ2n) is 6.38. The quantitative estimate of drug-likeness (QED) is 0.698. The predicted octanol–water partition coefficient (Wildman–Crippen LogP) is 4.07. The van der Waals surface area contributed by atoms with Crippen molar-refractivity contribution in [2.24, 2.45) is 0 Å². The van der Waals surface area contributed by atoms with Gasteiger partial charge < -0.3 is 20.1 Å². The van der Waals surface area contributed by atoms with Gasteiger partial charge in [0, 0.05) is 23.1 Å². The third kappa shape index (κ3) is 3.73. The molecule has 0 spiro atoms. The Bertz CT molecular complexity index is 1040. The smallest absolute Gasteiger partial charge is 0.274 e. The van der Waals surface area contributed by atoms with Crippen molar-refractivity contribution in [3.63, 3.8) is 0 Å². The highest BCUT2D eigenvalue weighted by Crippen LogP contribution is 2.34. The molecule has 0 atom stereocenters. The summed E-state index contributed by atoms with van der Waals surface area (Å²) in [5.41, 5.74) is 3.66. The average molecular weight is 376 g/mol. The monoisotopic (exact) mass is 376 g/mol. The highest BCUT2D eigenvalue weighted by molar-refractivity contribution is 6.03. The number of fused-ring (bicyclic) bond motifs is 1. The van der Waals surface area contributed by atoms with Gasteiger partial charge in [-0.05, 0) is 43.2 Å². The van der Waals surface area contributed by atoms with Gasteiger partial charge in [0.25, 0.3) is 5.91 Å². The van der Waals surface area contributed by atoms with Crippen molar-refractivity contribution in [2.45, 2.75) is 20.3 Å². The minimum Gasteiger partial charge on any atom is -0.454 e. The first kappa shape index (κ1) is 17.8. The van der Waals surface area contributed by atoms with E-state index < -0.39 is 0 Å². The van der Waals surface area contributed by atoms with Crippen LogP contribution in [0.5, 0.6) is 11.5 Å². The number of benzene rings is 2. The second-order valence-corrected chi connectivity index (χ2v) is 6.38. The molecule has 0 saturated heterocycles. The van der Waals surface area contributed by atoms with Gasteiger partial charge in [-0.25, -0.2) is 9.97 Å². The summed E-state index contributed by atoms with van der Waals surface area (Å²) >= 11 is 0. The van der Waals surface area contributed by atoms with Crippen LogP contribution >= 0.6 is 0 Å². The normalized spacial score (nSPS) is 11.9. The van der Waals surface area contributed by atoms with Crippen LogP contribution in [0.3, 0.4) is 0 Å². The standard InChI is InChI=1S/C21H20N4O3/c1-3-14-6-4-5-7-16(14)24-21-22-13(2)10-17(25-21)20(26)23-15-8-9-18-19(11-15)28-12-27-18/h4-11H,3,12H2,1-2H3,(H,23,26)(H,22,24,25). The first-order valence-electron chi connectivity index (χ1n) is 9.04. The topological polar surface area (TPSA) is 85.4 Å². The van der Waals surface area contributed by atoms with Crippen molar-refractivity contribution < 1.29 is 14.3 Å². The number of aryl methyl sites for hydroxylation is 2. The van der Waals surface area contributed by atoms with E-state index in [1.165, 1.54) is 0 Å². The first-order valence-corrected chi connectivity index (χ1v) is 9.04. The molecule has 4 rings (SSSR count). The Kier molecular flexibility index (Phi) is 4.80. The first-order chi connectivity index (χ1) is 13.6. The fourth-order valence-corrected chi connectivity index (χ4v) is 2.98. The van der Waals surface area contributed by atoms with Gasteiger partial charge in [-0.3, -0.25) is 4.79 Å². The molecular weight excluding hydrogens is 356 g/mol. The maximum absolute atomic E-state index is 12.7. The Balaban J connectivity index is 1.55. The second kappa shape index (κ2) is 7.56. The zero-order valence-corrected chi connectivity index (χ0v) is 15.7. The van der Waals surface area contributed by atoms with E-state index in [1.54, 1.807) is 24.3 Å². The van der Waals surface area contributed by atoms with Crippen LogP contribution in [0, 0.1) is 6.92 Å². The molecule has 1 aliphatic heterocycles. The van der Waals surface area contributed by atoms with Gasteiger partial charge in [-0.2, -0.15) is 0 Å². The van der Waals surface area contributed by atoms with Crippen molar-refractivity contribution in [3.8, 4) is 11.5 Å². The van der Waals surface area contributed by atoms with Crippen LogP contribution in [0.2, 0.25) is 0 Å². The van der Waals surface area contributed by atoms with Gasteiger partial charge in [-0.15, -0.1) is 0 Å². The number of anilines is 3. The summed E-state index contributed by atoms with van der Waals surface area (Å²) < 4.78 is 10.6. The molecule has 7 nitrogen and oxygen atoms in total. The minimum absolute atomic E-state index is 0.187. The number of hydrogen-bond donors (Lipinski definition) is 2. The molecule has 2 N–H and O–H groups in total. The SMILES string of the molecule is CCc1ccccc1Nc1nc(C)cc(C(=O)Nc2ccc3c(c2)OCO3)n1. The van der Waals surface area contributed by atoms with Gasteiger partial charge in [-0.1, -0.05) is 25.1 Å². The lowest BCUT2D eigenvalue weighted by Crippen LogP contribution is -2.15. The molecule has 0 saturated carbocycles. The Morgan fingerprint density at radius 3 is 2.75 bits per heavy atom. The number of aromatic nitrogens is 2. The van der Waals surface area contributed by atoms with Crippen LogP contribution in [-0.2, 0) is 6.42 Å².